The first-order chi connectivity index (χ1) is 8.77. The van der Waals surface area contributed by atoms with Gasteiger partial charge in [0.25, 0.3) is 0 Å². The predicted octanol–water partition coefficient (Wildman–Crippen LogP) is 3.01. The smallest absolute Gasteiger partial charge is 0.165 e. The Balaban J connectivity index is 2.07. The lowest BCUT2D eigenvalue weighted by Gasteiger charge is -2.26. The molecule has 98 valence electrons. The third-order valence-electron chi connectivity index (χ3n) is 3.79. The quantitative estimate of drug-likeness (QED) is 0.871. The summed E-state index contributed by atoms with van der Waals surface area (Å²) in [6.07, 6.45) is 2.48. The molecule has 1 saturated heterocycles. The zero-order valence-electron chi connectivity index (χ0n) is 11.2. The van der Waals surface area contributed by atoms with Crippen LogP contribution in [0.25, 0.3) is 0 Å². The minimum Gasteiger partial charge on any atom is -0.486 e. The number of ether oxygens (including phenoxy) is 2. The lowest BCUT2D eigenvalue weighted by atomic mass is 9.90. The summed E-state index contributed by atoms with van der Waals surface area (Å²) in [4.78, 5) is 0. The first-order valence-electron chi connectivity index (χ1n) is 6.93. The van der Waals surface area contributed by atoms with Gasteiger partial charge in [0.2, 0.25) is 0 Å². The summed E-state index contributed by atoms with van der Waals surface area (Å²) < 4.78 is 11.5. The summed E-state index contributed by atoms with van der Waals surface area (Å²) in [7, 11) is 0. The highest BCUT2D eigenvalue weighted by Crippen LogP contribution is 2.43. The maximum absolute atomic E-state index is 5.86. The molecule has 0 aromatic heterocycles. The Morgan fingerprint density at radius 3 is 2.78 bits per heavy atom. The van der Waals surface area contributed by atoms with Crippen molar-refractivity contribution in [2.24, 2.45) is 0 Å². The molecular weight excluding hydrogens is 226 g/mol. The predicted molar refractivity (Wildman–Crippen MR) is 71.5 cm³/mol. The van der Waals surface area contributed by atoms with Crippen LogP contribution in [0.15, 0.2) is 12.1 Å². The van der Waals surface area contributed by atoms with Crippen LogP contribution in [-0.4, -0.2) is 19.8 Å². The van der Waals surface area contributed by atoms with Crippen molar-refractivity contribution in [1.29, 1.82) is 0 Å². The largest absolute Gasteiger partial charge is 0.486 e. The molecule has 0 saturated carbocycles. The average Bonchev–Trinajstić information content (AvgIpc) is 2.90. The van der Waals surface area contributed by atoms with Crippen molar-refractivity contribution in [3.63, 3.8) is 0 Å². The zero-order chi connectivity index (χ0) is 12.5. The maximum atomic E-state index is 5.86. The zero-order valence-corrected chi connectivity index (χ0v) is 11.2. The lowest BCUT2D eigenvalue weighted by molar-refractivity contribution is 0.169. The van der Waals surface area contributed by atoms with E-state index in [1.54, 1.807) is 0 Å². The lowest BCUT2D eigenvalue weighted by Crippen LogP contribution is -2.20. The van der Waals surface area contributed by atoms with Crippen LogP contribution in [0, 0.1) is 0 Å². The standard InChI is InChI=1S/C15H21NO2/c1-10(2)14-11(12-4-3-7-16-12)5-6-13-15(14)18-9-8-17-13/h5-6,10,12,16H,3-4,7-9H2,1-2H3. The Morgan fingerprint density at radius 1 is 1.22 bits per heavy atom. The van der Waals surface area contributed by atoms with Crippen LogP contribution in [0.5, 0.6) is 11.5 Å². The van der Waals surface area contributed by atoms with Gasteiger partial charge in [-0.3, -0.25) is 0 Å². The van der Waals surface area contributed by atoms with Crippen molar-refractivity contribution in [3.8, 4) is 11.5 Å². The Kier molecular flexibility index (Phi) is 3.16. The third-order valence-corrected chi connectivity index (χ3v) is 3.79. The topological polar surface area (TPSA) is 30.5 Å². The third kappa shape index (κ3) is 1.97. The fourth-order valence-corrected chi connectivity index (χ4v) is 3.00. The maximum Gasteiger partial charge on any atom is 0.165 e. The number of hydrogen-bond acceptors (Lipinski definition) is 3. The fraction of sp³-hybridized carbons (Fsp3) is 0.600. The molecule has 1 aromatic carbocycles. The molecule has 2 heterocycles. The molecule has 0 amide bonds. The van der Waals surface area contributed by atoms with E-state index in [1.165, 1.54) is 24.0 Å². The molecular formula is C15H21NO2. The minimum absolute atomic E-state index is 0.457. The molecule has 3 nitrogen and oxygen atoms in total. The molecule has 0 bridgehead atoms. The molecule has 0 spiro atoms. The van der Waals surface area contributed by atoms with Crippen molar-refractivity contribution in [1.82, 2.24) is 5.32 Å². The molecule has 2 aliphatic heterocycles. The number of hydrogen-bond donors (Lipinski definition) is 1. The van der Waals surface area contributed by atoms with E-state index in [-0.39, 0.29) is 0 Å². The van der Waals surface area contributed by atoms with E-state index in [2.05, 4.69) is 31.3 Å². The molecule has 2 aliphatic rings. The van der Waals surface area contributed by atoms with E-state index in [4.69, 9.17) is 9.47 Å². The second-order valence-corrected chi connectivity index (χ2v) is 5.40. The molecule has 3 heteroatoms. The summed E-state index contributed by atoms with van der Waals surface area (Å²) in [5.41, 5.74) is 2.72. The first-order valence-corrected chi connectivity index (χ1v) is 6.93. The molecule has 1 aromatic rings. The van der Waals surface area contributed by atoms with Gasteiger partial charge in [0, 0.05) is 11.6 Å². The van der Waals surface area contributed by atoms with E-state index < -0.39 is 0 Å². The summed E-state index contributed by atoms with van der Waals surface area (Å²) in [6, 6.07) is 4.76. The van der Waals surface area contributed by atoms with E-state index in [0.717, 1.165) is 18.0 Å². The van der Waals surface area contributed by atoms with Crippen LogP contribution >= 0.6 is 0 Å². The van der Waals surface area contributed by atoms with Gasteiger partial charge in [-0.05, 0) is 36.9 Å². The van der Waals surface area contributed by atoms with Crippen LogP contribution < -0.4 is 14.8 Å². The van der Waals surface area contributed by atoms with Crippen molar-refractivity contribution in [3.05, 3.63) is 23.3 Å². The normalized spacial score (nSPS) is 22.5. The highest BCUT2D eigenvalue weighted by Gasteiger charge is 2.26. The molecule has 1 unspecified atom stereocenters. The minimum atomic E-state index is 0.457. The van der Waals surface area contributed by atoms with Crippen molar-refractivity contribution >= 4 is 0 Å². The fourth-order valence-electron chi connectivity index (χ4n) is 3.00. The van der Waals surface area contributed by atoms with E-state index >= 15 is 0 Å². The summed E-state index contributed by atoms with van der Waals surface area (Å²) in [6.45, 7) is 6.90. The Morgan fingerprint density at radius 2 is 2.06 bits per heavy atom. The second-order valence-electron chi connectivity index (χ2n) is 5.40. The number of rotatable bonds is 2. The number of fused-ring (bicyclic) bond motifs is 1. The van der Waals surface area contributed by atoms with Gasteiger partial charge in [-0.2, -0.15) is 0 Å². The second kappa shape index (κ2) is 4.81. The number of nitrogens with one attached hydrogen (secondary N) is 1. The molecule has 0 radical (unpaired) electrons. The highest BCUT2D eigenvalue weighted by molar-refractivity contribution is 5.54. The van der Waals surface area contributed by atoms with Crippen molar-refractivity contribution in [2.75, 3.05) is 19.8 Å². The molecule has 1 fully saturated rings. The van der Waals surface area contributed by atoms with Crippen LogP contribution in [0.1, 0.15) is 49.8 Å². The number of benzene rings is 1. The molecule has 18 heavy (non-hydrogen) atoms. The Labute approximate surface area is 108 Å². The van der Waals surface area contributed by atoms with Crippen LogP contribution in [0.3, 0.4) is 0 Å². The molecule has 1 N–H and O–H groups in total. The van der Waals surface area contributed by atoms with Gasteiger partial charge in [-0.25, -0.2) is 0 Å². The van der Waals surface area contributed by atoms with Gasteiger partial charge in [0.15, 0.2) is 11.5 Å². The first kappa shape index (κ1) is 11.8. The van der Waals surface area contributed by atoms with E-state index in [1.807, 2.05) is 0 Å². The van der Waals surface area contributed by atoms with Gasteiger partial charge in [0.1, 0.15) is 13.2 Å². The van der Waals surface area contributed by atoms with Gasteiger partial charge in [-0.1, -0.05) is 19.9 Å². The summed E-state index contributed by atoms with van der Waals surface area (Å²) in [5, 5.41) is 3.58. The molecule has 1 atom stereocenters. The SMILES string of the molecule is CC(C)c1c(C2CCCN2)ccc2c1OCCO2. The van der Waals surface area contributed by atoms with E-state index in [0.29, 0.717) is 25.2 Å². The van der Waals surface area contributed by atoms with Crippen molar-refractivity contribution in [2.45, 2.75) is 38.6 Å². The summed E-state index contributed by atoms with van der Waals surface area (Å²) >= 11 is 0. The average molecular weight is 247 g/mol. The van der Waals surface area contributed by atoms with Gasteiger partial charge in [-0.15, -0.1) is 0 Å². The van der Waals surface area contributed by atoms with Crippen LogP contribution in [-0.2, 0) is 0 Å². The van der Waals surface area contributed by atoms with Crippen LogP contribution in [0.4, 0.5) is 0 Å². The highest BCUT2D eigenvalue weighted by atomic mass is 16.6. The molecule has 3 rings (SSSR count). The molecule has 0 aliphatic carbocycles. The Bertz CT molecular complexity index is 436. The van der Waals surface area contributed by atoms with Gasteiger partial charge >= 0.3 is 0 Å². The van der Waals surface area contributed by atoms with Crippen LogP contribution in [0.2, 0.25) is 0 Å². The van der Waals surface area contributed by atoms with Gasteiger partial charge < -0.3 is 14.8 Å². The van der Waals surface area contributed by atoms with Crippen molar-refractivity contribution < 1.29 is 9.47 Å². The van der Waals surface area contributed by atoms with E-state index in [9.17, 15) is 0 Å². The Hall–Kier alpha value is -1.22. The summed E-state index contributed by atoms with van der Waals surface area (Å²) in [5.74, 6) is 2.34. The van der Waals surface area contributed by atoms with Gasteiger partial charge in [0.05, 0.1) is 0 Å². The monoisotopic (exact) mass is 247 g/mol.